The minimum absolute atomic E-state index is 0.0285. The van der Waals surface area contributed by atoms with Gasteiger partial charge in [0.2, 0.25) is 11.8 Å². The number of benzene rings is 2. The quantitative estimate of drug-likeness (QED) is 0.543. The minimum atomic E-state index is -0.573. The van der Waals surface area contributed by atoms with E-state index in [1.54, 1.807) is 64.8 Å². The summed E-state index contributed by atoms with van der Waals surface area (Å²) in [7, 11) is 6.33. The molecule has 2 amide bonds. The first-order valence-electron chi connectivity index (χ1n) is 12.4. The van der Waals surface area contributed by atoms with Crippen molar-refractivity contribution in [3.63, 3.8) is 0 Å². The van der Waals surface area contributed by atoms with E-state index in [2.05, 4.69) is 10.6 Å². The zero-order valence-electron chi connectivity index (χ0n) is 21.3. The zero-order chi connectivity index (χ0) is 25.5. The molecular formula is C28H34N2O6. The van der Waals surface area contributed by atoms with Crippen molar-refractivity contribution in [2.24, 2.45) is 22.7 Å². The number of hydrogen-bond acceptors (Lipinski definition) is 6. The van der Waals surface area contributed by atoms with Crippen LogP contribution in [0.4, 0.5) is 11.4 Å². The summed E-state index contributed by atoms with van der Waals surface area (Å²) >= 11 is 0. The zero-order valence-corrected chi connectivity index (χ0v) is 21.3. The van der Waals surface area contributed by atoms with Crippen LogP contribution in [0.15, 0.2) is 36.4 Å². The Morgan fingerprint density at radius 1 is 0.694 bits per heavy atom. The van der Waals surface area contributed by atoms with Gasteiger partial charge in [-0.2, -0.15) is 0 Å². The molecule has 0 heterocycles. The molecule has 0 spiro atoms. The number of carbonyl (C=O) groups excluding carboxylic acids is 2. The molecule has 192 valence electrons. The third kappa shape index (κ3) is 4.12. The van der Waals surface area contributed by atoms with Gasteiger partial charge in [0.05, 0.1) is 50.6 Å². The molecule has 2 N–H and O–H groups in total. The van der Waals surface area contributed by atoms with Crippen molar-refractivity contribution in [1.29, 1.82) is 0 Å². The number of ether oxygens (including phenoxy) is 4. The lowest BCUT2D eigenvalue weighted by Gasteiger charge is -2.60. The van der Waals surface area contributed by atoms with Crippen molar-refractivity contribution in [3.8, 4) is 23.0 Å². The lowest BCUT2D eigenvalue weighted by Crippen LogP contribution is -2.59. The Morgan fingerprint density at radius 3 is 1.47 bits per heavy atom. The van der Waals surface area contributed by atoms with E-state index in [-0.39, 0.29) is 11.8 Å². The van der Waals surface area contributed by atoms with Gasteiger partial charge in [0.25, 0.3) is 0 Å². The van der Waals surface area contributed by atoms with Crippen molar-refractivity contribution in [2.45, 2.75) is 38.5 Å². The maximum atomic E-state index is 13.8. The van der Waals surface area contributed by atoms with Gasteiger partial charge in [-0.3, -0.25) is 9.59 Å². The highest BCUT2D eigenvalue weighted by Crippen LogP contribution is 2.66. The number of hydrogen-bond donors (Lipinski definition) is 2. The van der Waals surface area contributed by atoms with Crippen LogP contribution in [0, 0.1) is 22.7 Å². The fraction of sp³-hybridized carbons (Fsp3) is 0.500. The van der Waals surface area contributed by atoms with Gasteiger partial charge in [0.15, 0.2) is 0 Å². The third-order valence-electron chi connectivity index (χ3n) is 8.34. The Kier molecular flexibility index (Phi) is 6.22. The van der Waals surface area contributed by atoms with Gasteiger partial charge in [0.1, 0.15) is 23.0 Å². The summed E-state index contributed by atoms with van der Waals surface area (Å²) in [5, 5.41) is 6.24. The largest absolute Gasteiger partial charge is 0.497 e. The van der Waals surface area contributed by atoms with Crippen LogP contribution in [0.3, 0.4) is 0 Å². The Morgan fingerprint density at radius 2 is 1.11 bits per heavy atom. The second-order valence-corrected chi connectivity index (χ2v) is 10.6. The van der Waals surface area contributed by atoms with Crippen LogP contribution in [0.2, 0.25) is 0 Å². The average molecular weight is 495 g/mol. The topological polar surface area (TPSA) is 95.1 Å². The Labute approximate surface area is 211 Å². The van der Waals surface area contributed by atoms with E-state index in [1.807, 2.05) is 0 Å². The number of methoxy groups -OCH3 is 4. The summed E-state index contributed by atoms with van der Waals surface area (Å²) in [5.74, 6) is 3.07. The van der Waals surface area contributed by atoms with Gasteiger partial charge in [-0.1, -0.05) is 0 Å². The Bertz CT molecular complexity index is 1080. The Hall–Kier alpha value is -3.42. The van der Waals surface area contributed by atoms with E-state index in [0.717, 1.165) is 32.1 Å². The number of amides is 2. The molecule has 36 heavy (non-hydrogen) atoms. The molecular weight excluding hydrogens is 460 g/mol. The number of nitrogens with one attached hydrogen (secondary N) is 2. The SMILES string of the molecule is COc1ccc(NC(=O)C23CC4CC(C2)CC(C(=O)Nc2ccc(OC)cc2OC)(C4)C3)c(OC)c1. The van der Waals surface area contributed by atoms with Crippen molar-refractivity contribution in [1.82, 2.24) is 0 Å². The van der Waals surface area contributed by atoms with E-state index in [9.17, 15) is 9.59 Å². The van der Waals surface area contributed by atoms with Crippen molar-refractivity contribution >= 4 is 23.2 Å². The summed E-state index contributed by atoms with van der Waals surface area (Å²) < 4.78 is 21.5. The maximum Gasteiger partial charge on any atom is 0.230 e. The van der Waals surface area contributed by atoms with E-state index >= 15 is 0 Å². The molecule has 0 aliphatic heterocycles. The minimum Gasteiger partial charge on any atom is -0.497 e. The molecule has 0 unspecified atom stereocenters. The first kappa shape index (κ1) is 24.3. The Balaban J connectivity index is 1.39. The second kappa shape index (κ2) is 9.22. The fourth-order valence-electron chi connectivity index (χ4n) is 7.11. The van der Waals surface area contributed by atoms with Crippen LogP contribution in [-0.4, -0.2) is 40.3 Å². The lowest BCUT2D eigenvalue weighted by atomic mass is 9.43. The van der Waals surface area contributed by atoms with Gasteiger partial charge in [-0.05, 0) is 74.6 Å². The predicted octanol–water partition coefficient (Wildman–Crippen LogP) is 4.88. The highest BCUT2D eigenvalue weighted by Gasteiger charge is 2.63. The predicted molar refractivity (Wildman–Crippen MR) is 136 cm³/mol. The molecule has 4 aliphatic carbocycles. The van der Waals surface area contributed by atoms with Gasteiger partial charge in [0, 0.05) is 12.1 Å². The first-order valence-corrected chi connectivity index (χ1v) is 12.4. The van der Waals surface area contributed by atoms with Crippen molar-refractivity contribution < 1.29 is 28.5 Å². The summed E-state index contributed by atoms with van der Waals surface area (Å²) in [4.78, 5) is 27.6. The lowest BCUT2D eigenvalue weighted by molar-refractivity contribution is -0.161. The second-order valence-electron chi connectivity index (χ2n) is 10.6. The molecule has 0 saturated heterocycles. The van der Waals surface area contributed by atoms with Crippen LogP contribution in [0.1, 0.15) is 38.5 Å². The van der Waals surface area contributed by atoms with E-state index in [0.29, 0.717) is 52.6 Å². The molecule has 4 saturated carbocycles. The summed E-state index contributed by atoms with van der Waals surface area (Å²) in [6, 6.07) is 10.7. The van der Waals surface area contributed by atoms with E-state index in [4.69, 9.17) is 18.9 Å². The van der Waals surface area contributed by atoms with Crippen molar-refractivity contribution in [2.75, 3.05) is 39.1 Å². The standard InChI is InChI=1S/C28H34N2O6/c1-33-19-5-7-21(23(10-19)35-3)29-25(31)27-12-17-9-18(13-27)15-28(14-17,16-27)26(32)30-22-8-6-20(34-2)11-24(22)36-4/h5-8,10-11,17-18H,9,12-16H2,1-4H3,(H,29,31)(H,30,32). The third-order valence-corrected chi connectivity index (χ3v) is 8.34. The number of anilines is 2. The van der Waals surface area contributed by atoms with Gasteiger partial charge in [-0.15, -0.1) is 0 Å². The maximum absolute atomic E-state index is 13.8. The molecule has 2 aromatic carbocycles. The van der Waals surface area contributed by atoms with Crippen LogP contribution < -0.4 is 29.6 Å². The normalized spacial score (nSPS) is 27.8. The highest BCUT2D eigenvalue weighted by molar-refractivity contribution is 6.00. The average Bonchev–Trinajstić information content (AvgIpc) is 2.88. The van der Waals surface area contributed by atoms with Crippen molar-refractivity contribution in [3.05, 3.63) is 36.4 Å². The van der Waals surface area contributed by atoms with Crippen LogP contribution >= 0.6 is 0 Å². The van der Waals surface area contributed by atoms with Gasteiger partial charge < -0.3 is 29.6 Å². The summed E-state index contributed by atoms with van der Waals surface area (Å²) in [6.45, 7) is 0. The molecule has 4 fully saturated rings. The number of carbonyl (C=O) groups is 2. The molecule has 6 rings (SSSR count). The molecule has 0 aromatic heterocycles. The monoisotopic (exact) mass is 494 g/mol. The molecule has 8 nitrogen and oxygen atoms in total. The van der Waals surface area contributed by atoms with Gasteiger partial charge in [-0.25, -0.2) is 0 Å². The fourth-order valence-corrected chi connectivity index (χ4v) is 7.11. The summed E-state index contributed by atoms with van der Waals surface area (Å²) in [5.41, 5.74) is 0.0771. The number of rotatable bonds is 8. The highest BCUT2D eigenvalue weighted by atomic mass is 16.5. The smallest absolute Gasteiger partial charge is 0.230 e. The molecule has 0 atom stereocenters. The molecule has 4 aliphatic rings. The van der Waals surface area contributed by atoms with Crippen LogP contribution in [-0.2, 0) is 9.59 Å². The molecule has 8 heteroatoms. The van der Waals surface area contributed by atoms with Crippen LogP contribution in [0.5, 0.6) is 23.0 Å². The molecule has 2 aromatic rings. The van der Waals surface area contributed by atoms with Crippen LogP contribution in [0.25, 0.3) is 0 Å². The molecule has 4 bridgehead atoms. The van der Waals surface area contributed by atoms with Gasteiger partial charge >= 0.3 is 0 Å². The summed E-state index contributed by atoms with van der Waals surface area (Å²) in [6.07, 6.45) is 4.89. The van der Waals surface area contributed by atoms with E-state index in [1.165, 1.54) is 0 Å². The first-order chi connectivity index (χ1) is 17.3. The molecule has 0 radical (unpaired) electrons. The van der Waals surface area contributed by atoms with E-state index < -0.39 is 10.8 Å².